The first-order chi connectivity index (χ1) is 18.4. The van der Waals surface area contributed by atoms with Crippen LogP contribution in [0.4, 0.5) is 0 Å². The summed E-state index contributed by atoms with van der Waals surface area (Å²) in [5.41, 5.74) is 0.233. The van der Waals surface area contributed by atoms with E-state index in [0.29, 0.717) is 22.3 Å². The Bertz CT molecular complexity index is 981. The first-order valence-corrected chi connectivity index (χ1v) is 14.9. The van der Waals surface area contributed by atoms with Gasteiger partial charge in [-0.2, -0.15) is 10.2 Å². The Balaban J connectivity index is 1.57. The van der Waals surface area contributed by atoms with E-state index in [4.69, 9.17) is 34.7 Å². The molecule has 4 N–H and O–H groups in total. The molecule has 38 heavy (non-hydrogen) atoms. The molecular formula is C30H42N6S2. The van der Waals surface area contributed by atoms with Gasteiger partial charge in [-0.05, 0) is 64.0 Å². The van der Waals surface area contributed by atoms with E-state index in [0.717, 1.165) is 36.8 Å². The molecule has 0 radical (unpaired) electrons. The lowest BCUT2D eigenvalue weighted by Gasteiger charge is -2.34. The number of thiocarbonyl (C=S) groups is 2. The summed E-state index contributed by atoms with van der Waals surface area (Å²) < 4.78 is 0. The van der Waals surface area contributed by atoms with Gasteiger partial charge in [-0.15, -0.1) is 0 Å². The number of hydrogen-bond acceptors (Lipinski definition) is 4. The first kappa shape index (κ1) is 28.4. The fraction of sp³-hybridized carbons (Fsp3) is 0.533. The number of azo groups is 1. The van der Waals surface area contributed by atoms with Crippen molar-refractivity contribution in [3.63, 3.8) is 0 Å². The number of benzene rings is 2. The van der Waals surface area contributed by atoms with Crippen LogP contribution in [0.2, 0.25) is 0 Å². The predicted molar refractivity (Wildman–Crippen MR) is 164 cm³/mol. The monoisotopic (exact) mass is 550 g/mol. The summed E-state index contributed by atoms with van der Waals surface area (Å²) in [7, 11) is 0. The summed E-state index contributed by atoms with van der Waals surface area (Å²) in [5.74, 6) is 0. The van der Waals surface area contributed by atoms with Crippen LogP contribution in [-0.4, -0.2) is 22.3 Å². The van der Waals surface area contributed by atoms with E-state index in [2.05, 4.69) is 45.5 Å². The normalized spacial score (nSPS) is 20.2. The molecule has 2 saturated carbocycles. The van der Waals surface area contributed by atoms with Gasteiger partial charge in [-0.3, -0.25) is 0 Å². The van der Waals surface area contributed by atoms with Gasteiger partial charge in [0.1, 0.15) is 0 Å². The molecule has 6 nitrogen and oxygen atoms in total. The maximum atomic E-state index is 5.77. The van der Waals surface area contributed by atoms with Crippen LogP contribution >= 0.6 is 24.4 Å². The summed E-state index contributed by atoms with van der Waals surface area (Å²) in [6.45, 7) is 4.04. The average molecular weight is 551 g/mol. The molecule has 2 aromatic carbocycles. The lowest BCUT2D eigenvalue weighted by molar-refractivity contribution is 0.349. The molecule has 0 amide bonds. The SMILES string of the molecule is CC(N=NC(C)(NC(=S)NC1CCCCC1)c1ccccc1)(NC(=S)NC1CCCCC1)c1ccccc1. The summed E-state index contributed by atoms with van der Waals surface area (Å²) in [6.07, 6.45) is 12.2. The topological polar surface area (TPSA) is 72.8 Å². The van der Waals surface area contributed by atoms with Gasteiger partial charge in [-0.25, -0.2) is 0 Å². The predicted octanol–water partition coefficient (Wildman–Crippen LogP) is 6.78. The maximum Gasteiger partial charge on any atom is 0.175 e. The van der Waals surface area contributed by atoms with Crippen molar-refractivity contribution in [3.8, 4) is 0 Å². The van der Waals surface area contributed by atoms with Gasteiger partial charge >= 0.3 is 0 Å². The molecular weight excluding hydrogens is 509 g/mol. The third-order valence-electron chi connectivity index (χ3n) is 7.72. The third kappa shape index (κ3) is 7.96. The number of nitrogens with zero attached hydrogens (tertiary/aromatic N) is 2. The van der Waals surface area contributed by atoms with Crippen LogP contribution in [0, 0.1) is 0 Å². The molecule has 0 spiro atoms. The minimum Gasteiger partial charge on any atom is -0.360 e. The minimum atomic E-state index is -0.865. The van der Waals surface area contributed by atoms with Crippen molar-refractivity contribution in [2.45, 2.75) is 101 Å². The molecule has 204 valence electrons. The summed E-state index contributed by atoms with van der Waals surface area (Å²) in [5, 5.41) is 25.1. The molecule has 0 heterocycles. The molecule has 2 aromatic rings. The maximum absolute atomic E-state index is 5.77. The lowest BCUT2D eigenvalue weighted by Crippen LogP contribution is -2.52. The Morgan fingerprint density at radius 3 is 1.29 bits per heavy atom. The van der Waals surface area contributed by atoms with Gasteiger partial charge in [0.2, 0.25) is 0 Å². The van der Waals surface area contributed by atoms with E-state index in [9.17, 15) is 0 Å². The second kappa shape index (κ2) is 13.5. The second-order valence-corrected chi connectivity index (χ2v) is 11.8. The smallest absolute Gasteiger partial charge is 0.175 e. The van der Waals surface area contributed by atoms with Crippen molar-refractivity contribution in [1.29, 1.82) is 0 Å². The highest BCUT2D eigenvalue weighted by atomic mass is 32.1. The van der Waals surface area contributed by atoms with Crippen molar-refractivity contribution >= 4 is 34.7 Å². The van der Waals surface area contributed by atoms with Crippen LogP contribution in [0.15, 0.2) is 70.9 Å². The van der Waals surface area contributed by atoms with Crippen LogP contribution in [-0.2, 0) is 11.3 Å². The van der Waals surface area contributed by atoms with Gasteiger partial charge in [0, 0.05) is 23.2 Å². The van der Waals surface area contributed by atoms with Crippen molar-refractivity contribution < 1.29 is 0 Å². The first-order valence-electron chi connectivity index (χ1n) is 14.1. The summed E-state index contributed by atoms with van der Waals surface area (Å²) in [6, 6.07) is 21.1. The van der Waals surface area contributed by atoms with E-state index < -0.39 is 11.3 Å². The van der Waals surface area contributed by atoms with E-state index in [1.54, 1.807) is 0 Å². The molecule has 0 aliphatic heterocycles. The Morgan fingerprint density at radius 1 is 0.605 bits per heavy atom. The molecule has 2 unspecified atom stereocenters. The van der Waals surface area contributed by atoms with Crippen molar-refractivity contribution in [3.05, 3.63) is 71.8 Å². The largest absolute Gasteiger partial charge is 0.360 e. The average Bonchev–Trinajstić information content (AvgIpc) is 2.94. The van der Waals surface area contributed by atoms with E-state index in [-0.39, 0.29) is 0 Å². The van der Waals surface area contributed by atoms with Gasteiger partial charge in [0.05, 0.1) is 0 Å². The summed E-state index contributed by atoms with van der Waals surface area (Å²) in [4.78, 5) is 0. The Kier molecular flexibility index (Phi) is 10.1. The van der Waals surface area contributed by atoms with Crippen LogP contribution in [0.5, 0.6) is 0 Å². The zero-order valence-electron chi connectivity index (χ0n) is 22.7. The molecule has 0 bridgehead atoms. The number of hydrogen-bond donors (Lipinski definition) is 4. The standard InChI is InChI=1S/C30H42N6S2/c1-29(23-15-7-3-8-16-23,33-27(37)31-25-19-11-5-12-20-25)35-36-30(2,24-17-9-4-10-18-24)34-28(38)32-26-21-13-6-14-22-26/h3-4,7-10,15-18,25-26H,5-6,11-14,19-22H2,1-2H3,(H2,31,33,37)(H2,32,34,38). The highest BCUT2D eigenvalue weighted by Gasteiger charge is 2.33. The van der Waals surface area contributed by atoms with Crippen molar-refractivity contribution in [1.82, 2.24) is 21.3 Å². The molecule has 2 atom stereocenters. The molecule has 2 fully saturated rings. The van der Waals surface area contributed by atoms with Gasteiger partial charge in [-0.1, -0.05) is 99.2 Å². The van der Waals surface area contributed by atoms with Gasteiger partial charge in [0.15, 0.2) is 21.6 Å². The van der Waals surface area contributed by atoms with Crippen LogP contribution in [0.25, 0.3) is 0 Å². The van der Waals surface area contributed by atoms with Crippen molar-refractivity contribution in [2.24, 2.45) is 10.2 Å². The Hall–Kier alpha value is -2.58. The van der Waals surface area contributed by atoms with Crippen LogP contribution in [0.3, 0.4) is 0 Å². The third-order valence-corrected chi connectivity index (χ3v) is 8.16. The highest BCUT2D eigenvalue weighted by Crippen LogP contribution is 2.29. The van der Waals surface area contributed by atoms with E-state index in [1.165, 1.54) is 38.5 Å². The highest BCUT2D eigenvalue weighted by molar-refractivity contribution is 7.80. The molecule has 8 heteroatoms. The zero-order valence-corrected chi connectivity index (χ0v) is 24.3. The molecule has 0 aromatic heterocycles. The number of nitrogens with one attached hydrogen (secondary N) is 4. The van der Waals surface area contributed by atoms with E-state index in [1.807, 2.05) is 50.2 Å². The lowest BCUT2D eigenvalue weighted by atomic mass is 9.95. The van der Waals surface area contributed by atoms with E-state index >= 15 is 0 Å². The fourth-order valence-electron chi connectivity index (χ4n) is 5.41. The van der Waals surface area contributed by atoms with Gasteiger partial charge < -0.3 is 21.3 Å². The molecule has 0 saturated heterocycles. The Labute approximate surface area is 238 Å². The van der Waals surface area contributed by atoms with Gasteiger partial charge in [0.25, 0.3) is 0 Å². The Morgan fingerprint density at radius 2 is 0.947 bits per heavy atom. The van der Waals surface area contributed by atoms with Crippen LogP contribution in [0.1, 0.15) is 89.2 Å². The summed E-state index contributed by atoms with van der Waals surface area (Å²) >= 11 is 11.5. The number of rotatable bonds is 8. The molecule has 4 rings (SSSR count). The minimum absolute atomic E-state index is 0.403. The van der Waals surface area contributed by atoms with Crippen LogP contribution < -0.4 is 21.3 Å². The second-order valence-electron chi connectivity index (χ2n) is 10.9. The fourth-order valence-corrected chi connectivity index (χ4v) is 6.14. The van der Waals surface area contributed by atoms with Crippen molar-refractivity contribution in [2.75, 3.05) is 0 Å². The molecule has 2 aliphatic carbocycles. The quantitative estimate of drug-likeness (QED) is 0.215. The molecule has 2 aliphatic rings. The zero-order chi connectivity index (χ0) is 26.8.